The molecular formula is C12H19N3. The van der Waals surface area contributed by atoms with Crippen molar-refractivity contribution in [2.24, 2.45) is 5.73 Å². The van der Waals surface area contributed by atoms with Crippen LogP contribution in [0.1, 0.15) is 56.0 Å². The van der Waals surface area contributed by atoms with Gasteiger partial charge in [0.2, 0.25) is 0 Å². The fraction of sp³-hybridized carbons (Fsp3) is 0.667. The predicted octanol–water partition coefficient (Wildman–Crippen LogP) is 2.20. The van der Waals surface area contributed by atoms with E-state index >= 15 is 0 Å². The lowest BCUT2D eigenvalue weighted by Gasteiger charge is -2.25. The lowest BCUT2D eigenvalue weighted by molar-refractivity contribution is 0.408. The van der Waals surface area contributed by atoms with Gasteiger partial charge in [0, 0.05) is 30.3 Å². The molecule has 1 aliphatic rings. The van der Waals surface area contributed by atoms with Crippen LogP contribution in [0, 0.1) is 0 Å². The van der Waals surface area contributed by atoms with Crippen LogP contribution in [0.25, 0.3) is 0 Å². The summed E-state index contributed by atoms with van der Waals surface area (Å²) >= 11 is 0. The van der Waals surface area contributed by atoms with Gasteiger partial charge in [-0.15, -0.1) is 0 Å². The Labute approximate surface area is 91.1 Å². The maximum Gasteiger partial charge on any atom is 0.132 e. The minimum absolute atomic E-state index is 0.324. The zero-order valence-electron chi connectivity index (χ0n) is 9.32. The minimum atomic E-state index is 0.324. The SMILES string of the molecule is CCC(CN)c1nccc(C2CCC2)n1. The van der Waals surface area contributed by atoms with Gasteiger partial charge in [0.05, 0.1) is 0 Å². The van der Waals surface area contributed by atoms with Crippen LogP contribution in [0.3, 0.4) is 0 Å². The molecule has 3 nitrogen and oxygen atoms in total. The van der Waals surface area contributed by atoms with E-state index < -0.39 is 0 Å². The third kappa shape index (κ3) is 2.17. The first-order valence-corrected chi connectivity index (χ1v) is 5.88. The van der Waals surface area contributed by atoms with Gasteiger partial charge in [0.15, 0.2) is 0 Å². The zero-order chi connectivity index (χ0) is 10.7. The number of aromatic nitrogens is 2. The molecular weight excluding hydrogens is 186 g/mol. The molecule has 1 heterocycles. The molecule has 15 heavy (non-hydrogen) atoms. The van der Waals surface area contributed by atoms with Crippen molar-refractivity contribution in [3.8, 4) is 0 Å². The van der Waals surface area contributed by atoms with E-state index in [0.29, 0.717) is 18.4 Å². The van der Waals surface area contributed by atoms with E-state index in [4.69, 9.17) is 5.73 Å². The van der Waals surface area contributed by atoms with E-state index in [1.807, 2.05) is 6.20 Å². The standard InChI is InChI=1S/C12H19N3/c1-2-9(8-13)12-14-7-6-11(15-12)10-4-3-5-10/h6-7,9-10H,2-5,8,13H2,1H3. The molecule has 0 spiro atoms. The largest absolute Gasteiger partial charge is 0.330 e. The summed E-state index contributed by atoms with van der Waals surface area (Å²) in [5.74, 6) is 1.94. The first kappa shape index (κ1) is 10.6. The first-order valence-electron chi connectivity index (χ1n) is 5.88. The predicted molar refractivity (Wildman–Crippen MR) is 60.7 cm³/mol. The van der Waals surface area contributed by atoms with Gasteiger partial charge in [-0.1, -0.05) is 13.3 Å². The quantitative estimate of drug-likeness (QED) is 0.819. The van der Waals surface area contributed by atoms with Crippen molar-refractivity contribution in [3.63, 3.8) is 0 Å². The molecule has 2 rings (SSSR count). The maximum atomic E-state index is 5.71. The van der Waals surface area contributed by atoms with Crippen LogP contribution < -0.4 is 5.73 Å². The number of nitrogens with zero attached hydrogens (tertiary/aromatic N) is 2. The Morgan fingerprint density at radius 1 is 1.53 bits per heavy atom. The summed E-state index contributed by atoms with van der Waals surface area (Å²) in [6.45, 7) is 2.78. The molecule has 1 aliphatic carbocycles. The van der Waals surface area contributed by atoms with Crippen molar-refractivity contribution in [1.29, 1.82) is 0 Å². The molecule has 0 amide bonds. The molecule has 0 aliphatic heterocycles. The van der Waals surface area contributed by atoms with Crippen LogP contribution in [0.15, 0.2) is 12.3 Å². The summed E-state index contributed by atoms with van der Waals surface area (Å²) in [5.41, 5.74) is 6.93. The van der Waals surface area contributed by atoms with Crippen LogP contribution in [-0.4, -0.2) is 16.5 Å². The maximum absolute atomic E-state index is 5.71. The van der Waals surface area contributed by atoms with Crippen molar-refractivity contribution >= 4 is 0 Å². The van der Waals surface area contributed by atoms with E-state index in [1.54, 1.807) is 0 Å². The Balaban J connectivity index is 2.17. The highest BCUT2D eigenvalue weighted by atomic mass is 14.9. The summed E-state index contributed by atoms with van der Waals surface area (Å²) in [6, 6.07) is 2.05. The van der Waals surface area contributed by atoms with Crippen molar-refractivity contribution in [2.45, 2.75) is 44.4 Å². The molecule has 3 heteroatoms. The van der Waals surface area contributed by atoms with Crippen molar-refractivity contribution < 1.29 is 0 Å². The number of nitrogens with two attached hydrogens (primary N) is 1. The Kier molecular flexibility index (Phi) is 3.31. The highest BCUT2D eigenvalue weighted by Crippen LogP contribution is 2.35. The Hall–Kier alpha value is -0.960. The molecule has 1 atom stereocenters. The van der Waals surface area contributed by atoms with Gasteiger partial charge in [0.1, 0.15) is 5.82 Å². The van der Waals surface area contributed by atoms with Gasteiger partial charge in [-0.2, -0.15) is 0 Å². The molecule has 1 unspecified atom stereocenters. The number of rotatable bonds is 4. The van der Waals surface area contributed by atoms with Gasteiger partial charge in [-0.25, -0.2) is 9.97 Å². The molecule has 1 fully saturated rings. The van der Waals surface area contributed by atoms with Gasteiger partial charge < -0.3 is 5.73 Å². The molecule has 2 N–H and O–H groups in total. The summed E-state index contributed by atoms with van der Waals surface area (Å²) in [7, 11) is 0. The van der Waals surface area contributed by atoms with Gasteiger partial charge in [0.25, 0.3) is 0 Å². The fourth-order valence-electron chi connectivity index (χ4n) is 1.97. The molecule has 0 aromatic carbocycles. The normalized spacial score (nSPS) is 18.5. The molecule has 0 bridgehead atoms. The number of hydrogen-bond acceptors (Lipinski definition) is 3. The molecule has 1 aromatic heterocycles. The molecule has 1 aromatic rings. The van der Waals surface area contributed by atoms with Crippen LogP contribution >= 0.6 is 0 Å². The van der Waals surface area contributed by atoms with Crippen LogP contribution in [-0.2, 0) is 0 Å². The second-order valence-electron chi connectivity index (χ2n) is 4.31. The smallest absolute Gasteiger partial charge is 0.132 e. The minimum Gasteiger partial charge on any atom is -0.330 e. The summed E-state index contributed by atoms with van der Waals surface area (Å²) in [6.07, 6.45) is 6.82. The van der Waals surface area contributed by atoms with E-state index in [2.05, 4.69) is 23.0 Å². The second kappa shape index (κ2) is 4.71. The van der Waals surface area contributed by atoms with Crippen LogP contribution in [0.4, 0.5) is 0 Å². The topological polar surface area (TPSA) is 51.8 Å². The molecule has 0 radical (unpaired) electrons. The summed E-state index contributed by atoms with van der Waals surface area (Å²) in [4.78, 5) is 8.98. The van der Waals surface area contributed by atoms with E-state index in [1.165, 1.54) is 25.0 Å². The summed E-state index contributed by atoms with van der Waals surface area (Å²) in [5, 5.41) is 0. The Bertz CT molecular complexity index is 316. The monoisotopic (exact) mass is 205 g/mol. The van der Waals surface area contributed by atoms with Crippen molar-refractivity contribution in [1.82, 2.24) is 9.97 Å². The average Bonchev–Trinajstić information content (AvgIpc) is 2.18. The molecule has 1 saturated carbocycles. The fourth-order valence-corrected chi connectivity index (χ4v) is 1.97. The van der Waals surface area contributed by atoms with Crippen molar-refractivity contribution in [3.05, 3.63) is 23.8 Å². The van der Waals surface area contributed by atoms with Gasteiger partial charge >= 0.3 is 0 Å². The Morgan fingerprint density at radius 2 is 2.33 bits per heavy atom. The zero-order valence-corrected chi connectivity index (χ0v) is 9.32. The van der Waals surface area contributed by atoms with E-state index in [9.17, 15) is 0 Å². The Morgan fingerprint density at radius 3 is 2.87 bits per heavy atom. The van der Waals surface area contributed by atoms with Crippen LogP contribution in [0.2, 0.25) is 0 Å². The highest BCUT2D eigenvalue weighted by molar-refractivity contribution is 5.13. The van der Waals surface area contributed by atoms with Crippen molar-refractivity contribution in [2.75, 3.05) is 6.54 Å². The third-order valence-electron chi connectivity index (χ3n) is 3.36. The lowest BCUT2D eigenvalue weighted by Crippen LogP contribution is -2.17. The first-order chi connectivity index (χ1) is 7.35. The van der Waals surface area contributed by atoms with E-state index in [-0.39, 0.29) is 0 Å². The highest BCUT2D eigenvalue weighted by Gasteiger charge is 2.22. The third-order valence-corrected chi connectivity index (χ3v) is 3.36. The number of hydrogen-bond donors (Lipinski definition) is 1. The summed E-state index contributed by atoms with van der Waals surface area (Å²) < 4.78 is 0. The van der Waals surface area contributed by atoms with Gasteiger partial charge in [-0.05, 0) is 25.3 Å². The molecule has 82 valence electrons. The molecule has 0 saturated heterocycles. The average molecular weight is 205 g/mol. The van der Waals surface area contributed by atoms with E-state index in [0.717, 1.165) is 12.2 Å². The lowest BCUT2D eigenvalue weighted by atomic mass is 9.83. The second-order valence-corrected chi connectivity index (χ2v) is 4.31. The van der Waals surface area contributed by atoms with Crippen LogP contribution in [0.5, 0.6) is 0 Å². The van der Waals surface area contributed by atoms with Gasteiger partial charge in [-0.3, -0.25) is 0 Å².